The second kappa shape index (κ2) is 4.96. The van der Waals surface area contributed by atoms with E-state index >= 15 is 0 Å². The minimum atomic E-state index is -0.367. The molecule has 0 atom stereocenters. The van der Waals surface area contributed by atoms with E-state index in [9.17, 15) is 9.18 Å². The van der Waals surface area contributed by atoms with Crippen LogP contribution in [-0.4, -0.2) is 12.5 Å². The molecule has 0 fully saturated rings. The van der Waals surface area contributed by atoms with Crippen molar-refractivity contribution in [2.45, 2.75) is 13.3 Å². The van der Waals surface area contributed by atoms with E-state index in [1.807, 2.05) is 13.0 Å². The van der Waals surface area contributed by atoms with E-state index in [2.05, 4.69) is 5.32 Å². The highest BCUT2D eigenvalue weighted by Gasteiger charge is 2.15. The van der Waals surface area contributed by atoms with Gasteiger partial charge < -0.3 is 10.1 Å². The molecule has 3 rings (SSSR count). The topological polar surface area (TPSA) is 38.3 Å². The molecule has 2 aromatic carbocycles. The van der Waals surface area contributed by atoms with Gasteiger partial charge in [0.05, 0.1) is 6.61 Å². The first-order chi connectivity index (χ1) is 9.63. The molecule has 3 nitrogen and oxygen atoms in total. The molecule has 0 saturated carbocycles. The molecule has 20 heavy (non-hydrogen) atoms. The number of ether oxygens (including phenoxy) is 1. The van der Waals surface area contributed by atoms with E-state index in [1.54, 1.807) is 18.2 Å². The molecule has 1 heterocycles. The van der Waals surface area contributed by atoms with Crippen molar-refractivity contribution in [2.24, 2.45) is 0 Å². The molecule has 1 aliphatic heterocycles. The van der Waals surface area contributed by atoms with Crippen molar-refractivity contribution >= 4 is 11.6 Å². The number of fused-ring (bicyclic) bond motifs is 1. The third-order valence-corrected chi connectivity index (χ3v) is 3.40. The van der Waals surface area contributed by atoms with Gasteiger partial charge in [-0.3, -0.25) is 4.79 Å². The molecule has 0 bridgehead atoms. The number of benzene rings is 2. The molecule has 0 saturated heterocycles. The van der Waals surface area contributed by atoms with Gasteiger partial charge >= 0.3 is 0 Å². The minimum Gasteiger partial charge on any atom is -0.493 e. The first kappa shape index (κ1) is 12.7. The van der Waals surface area contributed by atoms with Crippen LogP contribution in [0.4, 0.5) is 10.1 Å². The summed E-state index contributed by atoms with van der Waals surface area (Å²) >= 11 is 0. The van der Waals surface area contributed by atoms with Gasteiger partial charge in [0.15, 0.2) is 0 Å². The Hall–Kier alpha value is -2.36. The minimum absolute atomic E-state index is 0.242. The van der Waals surface area contributed by atoms with Crippen LogP contribution in [0.2, 0.25) is 0 Å². The van der Waals surface area contributed by atoms with Crippen LogP contribution < -0.4 is 10.1 Å². The lowest BCUT2D eigenvalue weighted by molar-refractivity contribution is 0.102. The van der Waals surface area contributed by atoms with E-state index in [4.69, 9.17) is 4.74 Å². The van der Waals surface area contributed by atoms with Crippen molar-refractivity contribution < 1.29 is 13.9 Å². The number of nitrogens with one attached hydrogen (secondary N) is 1. The Morgan fingerprint density at radius 1 is 1.25 bits per heavy atom. The van der Waals surface area contributed by atoms with Gasteiger partial charge in [0.25, 0.3) is 5.91 Å². The summed E-state index contributed by atoms with van der Waals surface area (Å²) in [4.78, 5) is 12.2. The molecule has 102 valence electrons. The van der Waals surface area contributed by atoms with Crippen LogP contribution >= 0.6 is 0 Å². The fraction of sp³-hybridized carbons (Fsp3) is 0.188. The highest BCUT2D eigenvalue weighted by atomic mass is 19.1. The first-order valence-electron chi connectivity index (χ1n) is 6.47. The zero-order valence-corrected chi connectivity index (χ0v) is 11.1. The van der Waals surface area contributed by atoms with Crippen LogP contribution in [0.1, 0.15) is 21.5 Å². The SMILES string of the molecule is Cc1ccc(F)cc1NC(=O)c1ccc2c(c1)CCO2. The first-order valence-corrected chi connectivity index (χ1v) is 6.47. The molecular formula is C16H14FNO2. The van der Waals surface area contributed by atoms with E-state index < -0.39 is 0 Å². The molecule has 1 amide bonds. The molecule has 2 aromatic rings. The molecular weight excluding hydrogens is 257 g/mol. The maximum atomic E-state index is 13.2. The maximum absolute atomic E-state index is 13.2. The van der Waals surface area contributed by atoms with Crippen molar-refractivity contribution in [3.8, 4) is 5.75 Å². The Bertz CT molecular complexity index is 682. The number of hydrogen-bond acceptors (Lipinski definition) is 2. The summed E-state index contributed by atoms with van der Waals surface area (Å²) in [5.41, 5.74) is 2.91. The lowest BCUT2D eigenvalue weighted by Gasteiger charge is -2.09. The number of carbonyl (C=O) groups is 1. The predicted octanol–water partition coefficient (Wildman–Crippen LogP) is 3.32. The van der Waals surface area contributed by atoms with Gasteiger partial charge in [0.1, 0.15) is 11.6 Å². The summed E-state index contributed by atoms with van der Waals surface area (Å²) in [6.07, 6.45) is 0.815. The zero-order valence-electron chi connectivity index (χ0n) is 11.1. The van der Waals surface area contributed by atoms with Crippen LogP contribution in [0.25, 0.3) is 0 Å². The number of carbonyl (C=O) groups excluding carboxylic acids is 1. The number of amides is 1. The zero-order chi connectivity index (χ0) is 14.1. The average molecular weight is 271 g/mol. The summed E-state index contributed by atoms with van der Waals surface area (Å²) in [5.74, 6) is 0.227. The lowest BCUT2D eigenvalue weighted by atomic mass is 10.1. The molecule has 4 heteroatoms. The Morgan fingerprint density at radius 2 is 2.10 bits per heavy atom. The Labute approximate surface area is 116 Å². The van der Waals surface area contributed by atoms with Gasteiger partial charge in [-0.25, -0.2) is 4.39 Å². The number of aryl methyl sites for hydroxylation is 1. The molecule has 1 aliphatic rings. The van der Waals surface area contributed by atoms with E-state index in [0.29, 0.717) is 17.9 Å². The summed E-state index contributed by atoms with van der Waals surface area (Å²) in [6.45, 7) is 2.48. The molecule has 0 aliphatic carbocycles. The molecule has 1 N–H and O–H groups in total. The quantitative estimate of drug-likeness (QED) is 0.910. The van der Waals surface area contributed by atoms with Crippen molar-refractivity contribution in [3.05, 3.63) is 58.9 Å². The van der Waals surface area contributed by atoms with Crippen LogP contribution in [0, 0.1) is 12.7 Å². The smallest absolute Gasteiger partial charge is 0.255 e. The predicted molar refractivity (Wildman–Crippen MR) is 74.7 cm³/mol. The number of rotatable bonds is 2. The summed E-state index contributed by atoms with van der Waals surface area (Å²) in [6, 6.07) is 9.68. The Kier molecular flexibility index (Phi) is 3.14. The Morgan fingerprint density at radius 3 is 2.95 bits per heavy atom. The largest absolute Gasteiger partial charge is 0.493 e. The van der Waals surface area contributed by atoms with Gasteiger partial charge in [0, 0.05) is 17.7 Å². The summed E-state index contributed by atoms with van der Waals surface area (Å²) < 4.78 is 18.6. The molecule has 0 spiro atoms. The average Bonchev–Trinajstić information content (AvgIpc) is 2.90. The van der Waals surface area contributed by atoms with Crippen molar-refractivity contribution in [1.82, 2.24) is 0 Å². The molecule has 0 radical (unpaired) electrons. The highest BCUT2D eigenvalue weighted by Crippen LogP contribution is 2.26. The van der Waals surface area contributed by atoms with Crippen LogP contribution in [0.15, 0.2) is 36.4 Å². The molecule has 0 unspecified atom stereocenters. The monoisotopic (exact) mass is 271 g/mol. The fourth-order valence-electron chi connectivity index (χ4n) is 2.25. The number of hydrogen-bond donors (Lipinski definition) is 1. The maximum Gasteiger partial charge on any atom is 0.255 e. The number of halogens is 1. The van der Waals surface area contributed by atoms with Crippen molar-refractivity contribution in [2.75, 3.05) is 11.9 Å². The molecule has 0 aromatic heterocycles. The summed E-state index contributed by atoms with van der Waals surface area (Å²) in [7, 11) is 0. The summed E-state index contributed by atoms with van der Waals surface area (Å²) in [5, 5.41) is 2.74. The second-order valence-corrected chi connectivity index (χ2v) is 4.83. The highest BCUT2D eigenvalue weighted by molar-refractivity contribution is 6.04. The lowest BCUT2D eigenvalue weighted by Crippen LogP contribution is -2.13. The third kappa shape index (κ3) is 2.37. The Balaban J connectivity index is 1.84. The fourth-order valence-corrected chi connectivity index (χ4v) is 2.25. The van der Waals surface area contributed by atoms with Crippen LogP contribution in [-0.2, 0) is 6.42 Å². The van der Waals surface area contributed by atoms with Crippen molar-refractivity contribution in [1.29, 1.82) is 0 Å². The van der Waals surface area contributed by atoms with Gasteiger partial charge in [-0.2, -0.15) is 0 Å². The third-order valence-electron chi connectivity index (χ3n) is 3.40. The van der Waals surface area contributed by atoms with E-state index in [-0.39, 0.29) is 11.7 Å². The van der Waals surface area contributed by atoms with Crippen LogP contribution in [0.5, 0.6) is 5.75 Å². The van der Waals surface area contributed by atoms with E-state index in [0.717, 1.165) is 23.3 Å². The van der Waals surface area contributed by atoms with Gasteiger partial charge in [-0.1, -0.05) is 6.07 Å². The standard InChI is InChI=1S/C16H14FNO2/c1-10-2-4-13(17)9-14(10)18-16(19)12-3-5-15-11(8-12)6-7-20-15/h2-5,8-9H,6-7H2,1H3,(H,18,19). The van der Waals surface area contributed by atoms with E-state index in [1.165, 1.54) is 12.1 Å². The van der Waals surface area contributed by atoms with Gasteiger partial charge in [-0.15, -0.1) is 0 Å². The van der Waals surface area contributed by atoms with Crippen LogP contribution in [0.3, 0.4) is 0 Å². The normalized spacial score (nSPS) is 12.7. The second-order valence-electron chi connectivity index (χ2n) is 4.83. The van der Waals surface area contributed by atoms with Crippen molar-refractivity contribution in [3.63, 3.8) is 0 Å². The number of anilines is 1. The van der Waals surface area contributed by atoms with Gasteiger partial charge in [0.2, 0.25) is 0 Å². The van der Waals surface area contributed by atoms with Gasteiger partial charge in [-0.05, 0) is 48.4 Å².